The van der Waals surface area contributed by atoms with Gasteiger partial charge in [-0.1, -0.05) is 111 Å². The molecule has 0 amide bonds. The molecule has 0 spiro atoms. The third kappa shape index (κ3) is 7.84. The van der Waals surface area contributed by atoms with Crippen LogP contribution in [-0.4, -0.2) is 37.1 Å². The molecule has 14 heteroatoms. The summed E-state index contributed by atoms with van der Waals surface area (Å²) in [5, 5.41) is -1.48. The highest BCUT2D eigenvalue weighted by Crippen LogP contribution is 2.60. The van der Waals surface area contributed by atoms with E-state index in [2.05, 4.69) is 41.5 Å². The summed E-state index contributed by atoms with van der Waals surface area (Å²) in [6.07, 6.45) is 3.24. The molecule has 262 valence electrons. The van der Waals surface area contributed by atoms with E-state index in [0.717, 1.165) is 25.0 Å². The number of hydrogen-bond acceptors (Lipinski definition) is 8. The number of benzene rings is 2. The lowest BCUT2D eigenvalue weighted by atomic mass is 9.87. The molecule has 2 aliphatic rings. The first-order valence-corrected chi connectivity index (χ1v) is 17.8. The van der Waals surface area contributed by atoms with E-state index in [9.17, 15) is 19.2 Å². The van der Waals surface area contributed by atoms with E-state index in [-0.39, 0.29) is 54.2 Å². The van der Waals surface area contributed by atoms with Crippen molar-refractivity contribution in [1.82, 2.24) is 0 Å². The Labute approximate surface area is 309 Å². The molecule has 0 aromatic heterocycles. The van der Waals surface area contributed by atoms with Gasteiger partial charge in [-0.3, -0.25) is 0 Å². The van der Waals surface area contributed by atoms with Gasteiger partial charge in [-0.15, -0.1) is 0 Å². The third-order valence-electron chi connectivity index (χ3n) is 10.1. The van der Waals surface area contributed by atoms with Crippen molar-refractivity contribution in [3.8, 4) is 11.5 Å². The average molecular weight is 785 g/mol. The van der Waals surface area contributed by atoms with Gasteiger partial charge in [0, 0.05) is 0 Å². The second kappa shape index (κ2) is 15.1. The van der Waals surface area contributed by atoms with Crippen LogP contribution >= 0.6 is 69.6 Å². The molecule has 48 heavy (non-hydrogen) atoms. The monoisotopic (exact) mass is 782 g/mol. The van der Waals surface area contributed by atoms with Gasteiger partial charge < -0.3 is 18.9 Å². The molecule has 0 aliphatic heterocycles. The largest absolute Gasteiger partial charge is 0.462 e. The van der Waals surface area contributed by atoms with Crippen LogP contribution in [0.2, 0.25) is 30.1 Å². The predicted molar refractivity (Wildman–Crippen MR) is 186 cm³/mol. The summed E-state index contributed by atoms with van der Waals surface area (Å²) in [5.41, 5.74) is -0.811. The van der Waals surface area contributed by atoms with Crippen LogP contribution in [-0.2, 0) is 19.1 Å². The quantitative estimate of drug-likeness (QED) is 0.0907. The summed E-state index contributed by atoms with van der Waals surface area (Å²) in [6, 6.07) is 2.26. The van der Waals surface area contributed by atoms with Gasteiger partial charge in [-0.2, -0.15) is 0 Å². The Balaban J connectivity index is 1.51. The molecule has 0 saturated heterocycles. The van der Waals surface area contributed by atoms with Gasteiger partial charge in [-0.25, -0.2) is 19.2 Å². The van der Waals surface area contributed by atoms with Gasteiger partial charge in [0.15, 0.2) is 11.5 Å². The summed E-state index contributed by atoms with van der Waals surface area (Å²) >= 11 is 37.5. The molecule has 2 aliphatic carbocycles. The fourth-order valence-electron chi connectivity index (χ4n) is 6.71. The highest BCUT2D eigenvalue weighted by molar-refractivity contribution is 6.47. The van der Waals surface area contributed by atoms with Crippen molar-refractivity contribution in [2.24, 2.45) is 34.5 Å². The average Bonchev–Trinajstić information content (AvgIpc) is 3.88. The lowest BCUT2D eigenvalue weighted by Crippen LogP contribution is -2.27. The normalized spacial score (nSPS) is 22.8. The molecule has 8 nitrogen and oxygen atoms in total. The minimum Gasteiger partial charge on any atom is -0.462 e. The smallest absolute Gasteiger partial charge is 0.423 e. The number of rotatable bonds is 12. The van der Waals surface area contributed by atoms with E-state index in [1.54, 1.807) is 0 Å². The zero-order valence-corrected chi connectivity index (χ0v) is 31.8. The lowest BCUT2D eigenvalue weighted by molar-refractivity contribution is -0.156. The minimum absolute atomic E-state index is 0.0538. The molecule has 0 heterocycles. The molecule has 0 radical (unpaired) electrons. The maximum atomic E-state index is 13.2. The third-order valence-corrected chi connectivity index (χ3v) is 12.3. The molecule has 2 aromatic rings. The summed E-state index contributed by atoms with van der Waals surface area (Å²) in [6.45, 7) is 12.9. The fourth-order valence-corrected chi connectivity index (χ4v) is 8.15. The zero-order valence-electron chi connectivity index (χ0n) is 27.2. The SMILES string of the molecule is CC(C)C1(CCOC(=O)c2c(Cl)c(Cl)cc(Cl)c2OC(=O)C(=O)Oc2c(Cl)cc(Cl)c(Cl)c2C(=O)OCCC2(C(C)C)CC2C)CC1C. The van der Waals surface area contributed by atoms with Crippen LogP contribution in [0, 0.1) is 34.5 Å². The highest BCUT2D eigenvalue weighted by atomic mass is 35.5. The van der Waals surface area contributed by atoms with Crippen molar-refractivity contribution in [2.45, 2.75) is 67.2 Å². The van der Waals surface area contributed by atoms with Crippen LogP contribution in [0.15, 0.2) is 12.1 Å². The van der Waals surface area contributed by atoms with Gasteiger partial charge in [-0.05, 0) is 72.3 Å². The molecule has 4 unspecified atom stereocenters. The summed E-state index contributed by atoms with van der Waals surface area (Å²) < 4.78 is 21.4. The summed E-state index contributed by atoms with van der Waals surface area (Å²) in [5.74, 6) is -4.64. The zero-order chi connectivity index (χ0) is 35.9. The molecule has 2 saturated carbocycles. The molecular formula is C34H36Cl6O8. The Kier molecular flexibility index (Phi) is 12.2. The number of ether oxygens (including phenoxy) is 4. The van der Waals surface area contributed by atoms with E-state index in [0.29, 0.717) is 36.5 Å². The Morgan fingerprint density at radius 1 is 0.646 bits per heavy atom. The molecule has 2 fully saturated rings. The van der Waals surface area contributed by atoms with Crippen molar-refractivity contribution in [1.29, 1.82) is 0 Å². The van der Waals surface area contributed by atoms with Gasteiger partial charge in [0.25, 0.3) is 0 Å². The van der Waals surface area contributed by atoms with E-state index < -0.39 is 46.5 Å². The van der Waals surface area contributed by atoms with Crippen molar-refractivity contribution in [3.63, 3.8) is 0 Å². The van der Waals surface area contributed by atoms with Crippen LogP contribution in [0.1, 0.15) is 87.9 Å². The summed E-state index contributed by atoms with van der Waals surface area (Å²) in [7, 11) is 0. The van der Waals surface area contributed by atoms with Crippen molar-refractivity contribution < 1.29 is 38.1 Å². The fraction of sp³-hybridized carbons (Fsp3) is 0.529. The molecule has 0 bridgehead atoms. The molecule has 4 rings (SSSR count). The minimum atomic E-state index is -1.64. The van der Waals surface area contributed by atoms with Gasteiger partial charge in [0.2, 0.25) is 0 Å². The highest BCUT2D eigenvalue weighted by Gasteiger charge is 2.53. The van der Waals surface area contributed by atoms with Crippen LogP contribution in [0.4, 0.5) is 0 Å². The Hall–Kier alpha value is -1.94. The Morgan fingerprint density at radius 3 is 1.23 bits per heavy atom. The molecular weight excluding hydrogens is 749 g/mol. The van der Waals surface area contributed by atoms with Crippen LogP contribution in [0.3, 0.4) is 0 Å². The first-order chi connectivity index (χ1) is 22.4. The number of esters is 4. The van der Waals surface area contributed by atoms with Crippen LogP contribution < -0.4 is 9.47 Å². The number of carbonyl (C=O) groups is 4. The number of carbonyl (C=O) groups excluding carboxylic acids is 4. The van der Waals surface area contributed by atoms with E-state index in [1.165, 1.54) is 0 Å². The lowest BCUT2D eigenvalue weighted by Gasteiger charge is -2.21. The molecule has 4 atom stereocenters. The van der Waals surface area contributed by atoms with Gasteiger partial charge in [0.05, 0.1) is 43.3 Å². The van der Waals surface area contributed by atoms with Gasteiger partial charge in [0.1, 0.15) is 11.1 Å². The van der Waals surface area contributed by atoms with E-state index >= 15 is 0 Å². The van der Waals surface area contributed by atoms with Crippen LogP contribution in [0.25, 0.3) is 0 Å². The Bertz CT molecular complexity index is 1520. The summed E-state index contributed by atoms with van der Waals surface area (Å²) in [4.78, 5) is 52.5. The first kappa shape index (κ1) is 38.9. The predicted octanol–water partition coefficient (Wildman–Crippen LogP) is 10.6. The standard InChI is InChI=1S/C34H36Cl6O8/c1-15(2)33(13-17(33)5)7-9-45-29(41)23-25(39)19(35)11-21(37)27(23)47-31(43)32(44)48-28-22(38)12-20(36)26(40)24(28)30(42)46-10-8-34(16(3)4)14-18(34)6/h11-12,15-18H,7-10,13-14H2,1-6H3. The number of hydrogen-bond donors (Lipinski definition) is 0. The maximum Gasteiger partial charge on any atom is 0.423 e. The molecule has 0 N–H and O–H groups in total. The van der Waals surface area contributed by atoms with Crippen molar-refractivity contribution in [2.75, 3.05) is 13.2 Å². The number of halogens is 6. The van der Waals surface area contributed by atoms with Crippen molar-refractivity contribution in [3.05, 3.63) is 53.4 Å². The molecule has 2 aromatic carbocycles. The maximum absolute atomic E-state index is 13.2. The topological polar surface area (TPSA) is 105 Å². The first-order valence-electron chi connectivity index (χ1n) is 15.5. The van der Waals surface area contributed by atoms with E-state index in [4.69, 9.17) is 88.6 Å². The van der Waals surface area contributed by atoms with Gasteiger partial charge >= 0.3 is 23.9 Å². The second-order valence-electron chi connectivity index (χ2n) is 13.3. The second-order valence-corrected chi connectivity index (χ2v) is 15.6. The van der Waals surface area contributed by atoms with Crippen LogP contribution in [0.5, 0.6) is 11.5 Å². The van der Waals surface area contributed by atoms with Crippen molar-refractivity contribution >= 4 is 93.5 Å². The van der Waals surface area contributed by atoms with E-state index in [1.807, 2.05) is 0 Å². The Morgan fingerprint density at radius 2 is 0.958 bits per heavy atom.